The molecule has 0 saturated heterocycles. The topological polar surface area (TPSA) is 8.88 Å². The summed E-state index contributed by atoms with van der Waals surface area (Å²) in [4.78, 5) is 3.36. The summed E-state index contributed by atoms with van der Waals surface area (Å²) in [6.07, 6.45) is 8.75. The van der Waals surface area contributed by atoms with Crippen molar-refractivity contribution in [3.63, 3.8) is 0 Å². The molecule has 1 aliphatic carbocycles. The fraction of sp³-hybridized carbons (Fsp3) is 0.846. The molecule has 0 bridgehead atoms. The molecule has 2 atom stereocenters. The number of likely N-dealkylation sites (N-methyl/N-ethyl adjacent to an activating group) is 2. The quantitative estimate of drug-likeness (QED) is 0.544. The van der Waals surface area contributed by atoms with E-state index >= 15 is 0 Å². The second-order valence-corrected chi connectivity index (χ2v) is 5.17. The highest BCUT2D eigenvalue weighted by Gasteiger charge is 2.17. The summed E-state index contributed by atoms with van der Waals surface area (Å²) >= 11 is 0. The summed E-state index contributed by atoms with van der Waals surface area (Å²) < 4.78 is 0. The van der Waals surface area contributed by atoms with E-state index in [0.29, 0.717) is 0 Å². The Labute approximate surface area is 94.9 Å². The third-order valence-corrected chi connectivity index (χ3v) is 3.43. The van der Waals surface area contributed by atoms with Crippen molar-refractivity contribution in [2.75, 3.05) is 40.3 Å². The molecule has 0 aromatic heterocycles. The Morgan fingerprint density at radius 3 is 2.53 bits per heavy atom. The van der Waals surface area contributed by atoms with Crippen molar-refractivity contribution in [3.05, 3.63) is 12.2 Å². The van der Waals surface area contributed by atoms with E-state index in [1.807, 2.05) is 0 Å². The molecule has 0 radical (unpaired) electrons. The van der Waals surface area contributed by atoms with Crippen molar-refractivity contribution in [3.8, 4) is 0 Å². The highest BCUT2D eigenvalue weighted by Crippen LogP contribution is 2.15. The van der Waals surface area contributed by atoms with Crippen molar-refractivity contribution >= 4 is 0 Å². The van der Waals surface area contributed by atoms with Gasteiger partial charge in [-0.3, -0.25) is 0 Å². The van der Waals surface area contributed by atoms with Gasteiger partial charge in [-0.15, -0.1) is 0 Å². The maximum absolute atomic E-state index is 2.37. The summed E-state index contributed by atoms with van der Waals surface area (Å²) in [6.45, 7) is 7.62. The molecule has 88 valence electrons. The van der Waals surface area contributed by atoms with E-state index in [9.17, 15) is 0 Å². The smallest absolute Gasteiger partial charge is 0.127 e. The monoisotopic (exact) mass is 212 g/mol. The molecule has 0 fully saturated rings. The third kappa shape index (κ3) is 5.33. The molecule has 0 aromatic rings. The van der Waals surface area contributed by atoms with Crippen LogP contribution in [0.2, 0.25) is 0 Å². The van der Waals surface area contributed by atoms with E-state index in [4.69, 9.17) is 0 Å². The highest BCUT2D eigenvalue weighted by atomic mass is 15.2. The molecular weight excluding hydrogens is 184 g/mol. The van der Waals surface area contributed by atoms with Crippen molar-refractivity contribution in [1.29, 1.82) is 0 Å². The molecule has 0 aliphatic heterocycles. The zero-order chi connectivity index (χ0) is 11.1. The predicted molar refractivity (Wildman–Crippen MR) is 65.4 cm³/mol. The van der Waals surface area contributed by atoms with E-state index in [0.717, 1.165) is 5.92 Å². The molecule has 2 nitrogen and oxygen atoms in total. The van der Waals surface area contributed by atoms with Gasteiger partial charge in [0.1, 0.15) is 13.1 Å². The van der Waals surface area contributed by atoms with Crippen LogP contribution in [0, 0.1) is 5.92 Å². The van der Waals surface area contributed by atoms with Crippen LogP contribution in [-0.2, 0) is 0 Å². The van der Waals surface area contributed by atoms with Gasteiger partial charge in [-0.1, -0.05) is 12.2 Å². The number of rotatable bonds is 6. The number of quaternary nitrogens is 2. The predicted octanol–water partition coefficient (Wildman–Crippen LogP) is -0.608. The SMILES string of the molecule is CC[NH+](CC[NH+](C)C)C[C@H]1CC=CCC1. The first-order valence-corrected chi connectivity index (χ1v) is 6.50. The summed E-state index contributed by atoms with van der Waals surface area (Å²) in [5, 5.41) is 0. The Balaban J connectivity index is 2.23. The van der Waals surface area contributed by atoms with Crippen LogP contribution in [0.5, 0.6) is 0 Å². The van der Waals surface area contributed by atoms with E-state index in [-0.39, 0.29) is 0 Å². The minimum absolute atomic E-state index is 0.946. The maximum atomic E-state index is 2.37. The highest BCUT2D eigenvalue weighted by molar-refractivity contribution is 4.89. The van der Waals surface area contributed by atoms with Crippen LogP contribution in [0.25, 0.3) is 0 Å². The van der Waals surface area contributed by atoms with Gasteiger partial charge in [-0.05, 0) is 26.2 Å². The van der Waals surface area contributed by atoms with Crippen LogP contribution in [0.15, 0.2) is 12.2 Å². The van der Waals surface area contributed by atoms with Gasteiger partial charge in [0.15, 0.2) is 0 Å². The Morgan fingerprint density at radius 1 is 1.20 bits per heavy atom. The van der Waals surface area contributed by atoms with Gasteiger partial charge < -0.3 is 9.80 Å². The first-order chi connectivity index (χ1) is 7.22. The van der Waals surface area contributed by atoms with E-state index in [2.05, 4.69) is 33.2 Å². The first kappa shape index (κ1) is 12.7. The van der Waals surface area contributed by atoms with Crippen LogP contribution in [0.3, 0.4) is 0 Å². The van der Waals surface area contributed by atoms with E-state index in [1.54, 1.807) is 9.80 Å². The second kappa shape index (κ2) is 7.02. The Hall–Kier alpha value is -0.340. The second-order valence-electron chi connectivity index (χ2n) is 5.17. The molecular formula is C13H28N2+2. The zero-order valence-corrected chi connectivity index (χ0v) is 10.7. The van der Waals surface area contributed by atoms with Gasteiger partial charge in [-0.25, -0.2) is 0 Å². The molecule has 0 heterocycles. The van der Waals surface area contributed by atoms with Gasteiger partial charge in [-0.2, -0.15) is 0 Å². The van der Waals surface area contributed by atoms with Crippen molar-refractivity contribution in [2.45, 2.75) is 26.2 Å². The number of allylic oxidation sites excluding steroid dienone is 2. The Kier molecular flexibility index (Phi) is 5.96. The van der Waals surface area contributed by atoms with Crippen molar-refractivity contribution in [1.82, 2.24) is 0 Å². The maximum Gasteiger partial charge on any atom is 0.127 e. The molecule has 1 rings (SSSR count). The summed E-state index contributed by atoms with van der Waals surface area (Å²) in [5.74, 6) is 0.946. The summed E-state index contributed by atoms with van der Waals surface area (Å²) in [6, 6.07) is 0. The average Bonchev–Trinajstić information content (AvgIpc) is 2.25. The van der Waals surface area contributed by atoms with Gasteiger partial charge in [0.05, 0.1) is 27.2 Å². The number of nitrogens with one attached hydrogen (secondary N) is 2. The average molecular weight is 212 g/mol. The summed E-state index contributed by atoms with van der Waals surface area (Å²) in [7, 11) is 4.49. The lowest BCUT2D eigenvalue weighted by Crippen LogP contribution is -3.18. The van der Waals surface area contributed by atoms with Gasteiger partial charge in [0.25, 0.3) is 0 Å². The lowest BCUT2D eigenvalue weighted by atomic mass is 9.94. The molecule has 1 unspecified atom stereocenters. The fourth-order valence-corrected chi connectivity index (χ4v) is 2.30. The normalized spacial score (nSPS) is 23.3. The van der Waals surface area contributed by atoms with E-state index < -0.39 is 0 Å². The van der Waals surface area contributed by atoms with Crippen LogP contribution < -0.4 is 9.80 Å². The molecule has 0 amide bonds. The van der Waals surface area contributed by atoms with Crippen molar-refractivity contribution in [2.24, 2.45) is 5.92 Å². The third-order valence-electron chi connectivity index (χ3n) is 3.43. The lowest BCUT2D eigenvalue weighted by molar-refractivity contribution is -0.942. The number of hydrogen-bond acceptors (Lipinski definition) is 0. The molecule has 0 spiro atoms. The first-order valence-electron chi connectivity index (χ1n) is 6.50. The molecule has 2 N–H and O–H groups in total. The summed E-state index contributed by atoms with van der Waals surface area (Å²) in [5.41, 5.74) is 0. The Bertz CT molecular complexity index is 187. The zero-order valence-electron chi connectivity index (χ0n) is 10.7. The van der Waals surface area contributed by atoms with E-state index in [1.165, 1.54) is 45.4 Å². The van der Waals surface area contributed by atoms with Crippen LogP contribution in [-0.4, -0.2) is 40.3 Å². The van der Waals surface area contributed by atoms with Crippen molar-refractivity contribution < 1.29 is 9.80 Å². The van der Waals surface area contributed by atoms with Gasteiger partial charge >= 0.3 is 0 Å². The molecule has 2 heteroatoms. The Morgan fingerprint density at radius 2 is 2.00 bits per heavy atom. The minimum Gasteiger partial charge on any atom is -0.335 e. The number of hydrogen-bond donors (Lipinski definition) is 2. The van der Waals surface area contributed by atoms with Crippen LogP contribution in [0.1, 0.15) is 26.2 Å². The van der Waals surface area contributed by atoms with Gasteiger partial charge in [0, 0.05) is 5.92 Å². The molecule has 0 saturated carbocycles. The minimum atomic E-state index is 0.946. The fourth-order valence-electron chi connectivity index (χ4n) is 2.30. The van der Waals surface area contributed by atoms with Crippen LogP contribution in [0.4, 0.5) is 0 Å². The van der Waals surface area contributed by atoms with Gasteiger partial charge in [0.2, 0.25) is 0 Å². The molecule has 0 aromatic carbocycles. The standard InChI is InChI=1S/C13H26N2/c1-4-15(11-10-14(2)3)12-13-8-6-5-7-9-13/h5-6,13H,4,7-12H2,1-3H3/p+2/t13-/m0/s1. The molecule has 15 heavy (non-hydrogen) atoms. The van der Waals surface area contributed by atoms with Crippen LogP contribution >= 0.6 is 0 Å². The molecule has 1 aliphatic rings. The lowest BCUT2D eigenvalue weighted by Gasteiger charge is -2.24. The largest absolute Gasteiger partial charge is 0.335 e.